The number of aliphatic hydroxyl groups excluding tert-OH is 2. The van der Waals surface area contributed by atoms with E-state index < -0.39 is 0 Å². The van der Waals surface area contributed by atoms with Gasteiger partial charge in [-0.05, 0) is 74.0 Å². The van der Waals surface area contributed by atoms with Gasteiger partial charge in [-0.25, -0.2) is 0 Å². The maximum absolute atomic E-state index is 12.4. The zero-order valence-corrected chi connectivity index (χ0v) is 13.9. The van der Waals surface area contributed by atoms with Crippen molar-refractivity contribution in [2.75, 3.05) is 0 Å². The van der Waals surface area contributed by atoms with E-state index in [1.54, 1.807) is 0 Å². The quantitative estimate of drug-likeness (QED) is 0.723. The van der Waals surface area contributed by atoms with Crippen LogP contribution in [-0.4, -0.2) is 28.2 Å². The molecular formula is C19H30O3. The normalized spacial score (nSPS) is 57.9. The zero-order valence-electron chi connectivity index (χ0n) is 13.9. The molecule has 3 heteroatoms. The van der Waals surface area contributed by atoms with Gasteiger partial charge in [0.25, 0.3) is 0 Å². The largest absolute Gasteiger partial charge is 0.393 e. The lowest BCUT2D eigenvalue weighted by Gasteiger charge is -2.61. The molecule has 2 N–H and O–H groups in total. The van der Waals surface area contributed by atoms with Crippen LogP contribution in [0.25, 0.3) is 0 Å². The van der Waals surface area contributed by atoms with Crippen LogP contribution in [0.2, 0.25) is 0 Å². The number of hydrogen-bond acceptors (Lipinski definition) is 3. The van der Waals surface area contributed by atoms with E-state index in [4.69, 9.17) is 0 Å². The van der Waals surface area contributed by atoms with Gasteiger partial charge in [-0.1, -0.05) is 13.8 Å². The number of rotatable bonds is 0. The highest BCUT2D eigenvalue weighted by molar-refractivity contribution is 5.87. The number of carbonyl (C=O) groups is 1. The molecule has 4 fully saturated rings. The van der Waals surface area contributed by atoms with Crippen molar-refractivity contribution >= 4 is 5.78 Å². The van der Waals surface area contributed by atoms with Gasteiger partial charge in [0.15, 0.2) is 0 Å². The third kappa shape index (κ3) is 1.84. The maximum atomic E-state index is 12.4. The molecule has 3 nitrogen and oxygen atoms in total. The number of carbonyl (C=O) groups excluding carboxylic acids is 1. The summed E-state index contributed by atoms with van der Waals surface area (Å²) in [6.45, 7) is 4.55. The first-order chi connectivity index (χ1) is 10.4. The fourth-order valence-corrected chi connectivity index (χ4v) is 7.05. The van der Waals surface area contributed by atoms with E-state index >= 15 is 0 Å². The first-order valence-corrected chi connectivity index (χ1v) is 9.25. The Hall–Kier alpha value is -0.410. The van der Waals surface area contributed by atoms with Crippen LogP contribution in [-0.2, 0) is 4.79 Å². The molecular weight excluding hydrogens is 276 g/mol. The van der Waals surface area contributed by atoms with Gasteiger partial charge < -0.3 is 10.2 Å². The Morgan fingerprint density at radius 1 is 0.955 bits per heavy atom. The van der Waals surface area contributed by atoms with Crippen LogP contribution >= 0.6 is 0 Å². The average Bonchev–Trinajstić information content (AvgIpc) is 2.77. The molecule has 22 heavy (non-hydrogen) atoms. The third-order valence-corrected chi connectivity index (χ3v) is 8.36. The summed E-state index contributed by atoms with van der Waals surface area (Å²) >= 11 is 0. The first-order valence-electron chi connectivity index (χ1n) is 9.25. The molecule has 124 valence electrons. The third-order valence-electron chi connectivity index (χ3n) is 8.36. The summed E-state index contributed by atoms with van der Waals surface area (Å²) in [7, 11) is 0. The summed E-state index contributed by atoms with van der Waals surface area (Å²) in [5, 5.41) is 20.8. The highest BCUT2D eigenvalue weighted by atomic mass is 16.3. The van der Waals surface area contributed by atoms with E-state index in [9.17, 15) is 15.0 Å². The summed E-state index contributed by atoms with van der Waals surface area (Å²) < 4.78 is 0. The Balaban J connectivity index is 1.68. The second-order valence-electron chi connectivity index (χ2n) is 9.14. The van der Waals surface area contributed by atoms with Crippen LogP contribution in [0, 0.1) is 34.5 Å². The Kier molecular flexibility index (Phi) is 3.30. The summed E-state index contributed by atoms with van der Waals surface area (Å²) in [6, 6.07) is 0. The van der Waals surface area contributed by atoms with Crippen molar-refractivity contribution in [2.24, 2.45) is 34.5 Å². The minimum Gasteiger partial charge on any atom is -0.393 e. The summed E-state index contributed by atoms with van der Waals surface area (Å²) in [5.74, 6) is 2.35. The molecule has 4 saturated carbocycles. The van der Waals surface area contributed by atoms with Gasteiger partial charge in [-0.2, -0.15) is 0 Å². The van der Waals surface area contributed by atoms with Crippen molar-refractivity contribution in [2.45, 2.75) is 77.4 Å². The molecule has 8 atom stereocenters. The monoisotopic (exact) mass is 306 g/mol. The van der Waals surface area contributed by atoms with E-state index in [1.807, 2.05) is 0 Å². The molecule has 0 aromatic heterocycles. The minimum absolute atomic E-state index is 0.113. The molecule has 0 bridgehead atoms. The number of ketones is 1. The van der Waals surface area contributed by atoms with Crippen LogP contribution in [0.4, 0.5) is 0 Å². The predicted molar refractivity (Wildman–Crippen MR) is 84.1 cm³/mol. The van der Waals surface area contributed by atoms with Crippen molar-refractivity contribution in [3.8, 4) is 0 Å². The molecule has 0 radical (unpaired) electrons. The Bertz CT molecular complexity index is 489. The average molecular weight is 306 g/mol. The topological polar surface area (TPSA) is 57.5 Å². The van der Waals surface area contributed by atoms with Gasteiger partial charge in [0.1, 0.15) is 5.78 Å². The molecule has 4 aliphatic rings. The molecule has 0 aromatic rings. The zero-order chi connectivity index (χ0) is 15.7. The molecule has 0 spiro atoms. The standard InChI is InChI=1S/C19H30O3/c1-18-7-5-11(20)9-15(18)16(21)10-12-13-3-4-17(22)19(13,2)8-6-14(12)18/h11-16,20-21H,3-10H2,1-2H3/t11-,12-,13-,14-,15+,16-,18+,19-/m0/s1. The summed E-state index contributed by atoms with van der Waals surface area (Å²) in [5.41, 5.74) is 0.0484. The lowest BCUT2D eigenvalue weighted by atomic mass is 9.44. The number of fused-ring (bicyclic) bond motifs is 5. The Labute approximate surface area is 133 Å². The van der Waals surface area contributed by atoms with Crippen molar-refractivity contribution in [1.82, 2.24) is 0 Å². The second-order valence-corrected chi connectivity index (χ2v) is 9.14. The molecule has 0 heterocycles. The van der Waals surface area contributed by atoms with E-state index in [-0.39, 0.29) is 29.0 Å². The van der Waals surface area contributed by atoms with Gasteiger partial charge in [-0.3, -0.25) is 4.79 Å². The predicted octanol–water partition coefficient (Wildman–Crippen LogP) is 2.93. The summed E-state index contributed by atoms with van der Waals surface area (Å²) in [4.78, 5) is 12.4. The maximum Gasteiger partial charge on any atom is 0.139 e. The van der Waals surface area contributed by atoms with Crippen LogP contribution in [0.15, 0.2) is 0 Å². The van der Waals surface area contributed by atoms with Gasteiger partial charge in [0.2, 0.25) is 0 Å². The van der Waals surface area contributed by atoms with Crippen LogP contribution in [0.3, 0.4) is 0 Å². The molecule has 0 unspecified atom stereocenters. The SMILES string of the molecule is C[C@]12CC[C@H](O)C[C@@H]1[C@@H](O)C[C@@H]1[C@@H]2CC[C@]2(C)C(=O)CC[C@@H]12. The Morgan fingerprint density at radius 3 is 2.50 bits per heavy atom. The lowest BCUT2D eigenvalue weighted by Crippen LogP contribution is -2.58. The van der Waals surface area contributed by atoms with E-state index in [0.717, 1.165) is 51.4 Å². The van der Waals surface area contributed by atoms with Gasteiger partial charge >= 0.3 is 0 Å². The minimum atomic E-state index is -0.292. The molecule has 0 amide bonds. The fourth-order valence-electron chi connectivity index (χ4n) is 7.05. The highest BCUT2D eigenvalue weighted by Crippen LogP contribution is 2.65. The smallest absolute Gasteiger partial charge is 0.139 e. The number of Topliss-reactive ketones (excluding diaryl/α,β-unsaturated/α-hetero) is 1. The first kappa shape index (κ1) is 15.1. The van der Waals surface area contributed by atoms with Crippen LogP contribution in [0.1, 0.15) is 65.2 Å². The van der Waals surface area contributed by atoms with Crippen LogP contribution in [0.5, 0.6) is 0 Å². The molecule has 4 aliphatic carbocycles. The Morgan fingerprint density at radius 2 is 1.73 bits per heavy atom. The van der Waals surface area contributed by atoms with Gasteiger partial charge in [-0.15, -0.1) is 0 Å². The van der Waals surface area contributed by atoms with E-state index in [1.165, 1.54) is 0 Å². The van der Waals surface area contributed by atoms with Crippen molar-refractivity contribution < 1.29 is 15.0 Å². The number of aliphatic hydroxyl groups is 2. The lowest BCUT2D eigenvalue weighted by molar-refractivity contribution is -0.170. The molecule has 0 aromatic carbocycles. The van der Waals surface area contributed by atoms with Crippen molar-refractivity contribution in [1.29, 1.82) is 0 Å². The van der Waals surface area contributed by atoms with Crippen LogP contribution < -0.4 is 0 Å². The van der Waals surface area contributed by atoms with E-state index in [0.29, 0.717) is 23.5 Å². The second kappa shape index (κ2) is 4.80. The number of hydrogen-bond donors (Lipinski definition) is 2. The van der Waals surface area contributed by atoms with Gasteiger partial charge in [0, 0.05) is 11.8 Å². The van der Waals surface area contributed by atoms with Gasteiger partial charge in [0.05, 0.1) is 12.2 Å². The van der Waals surface area contributed by atoms with Crippen molar-refractivity contribution in [3.05, 3.63) is 0 Å². The molecule has 0 saturated heterocycles. The van der Waals surface area contributed by atoms with E-state index in [2.05, 4.69) is 13.8 Å². The molecule has 0 aliphatic heterocycles. The molecule has 4 rings (SSSR count). The summed E-state index contributed by atoms with van der Waals surface area (Å²) in [6.07, 6.45) is 6.97. The fraction of sp³-hybridized carbons (Fsp3) is 0.947. The highest BCUT2D eigenvalue weighted by Gasteiger charge is 2.61. The van der Waals surface area contributed by atoms with Crippen molar-refractivity contribution in [3.63, 3.8) is 0 Å².